The second kappa shape index (κ2) is 6.76. The van der Waals surface area contributed by atoms with Crippen LogP contribution >= 0.6 is 0 Å². The van der Waals surface area contributed by atoms with Crippen molar-refractivity contribution in [2.24, 2.45) is 5.41 Å². The maximum Gasteiger partial charge on any atom is 0.255 e. The van der Waals surface area contributed by atoms with E-state index in [1.165, 1.54) is 6.20 Å². The molecular formula is C17H24N4O3. The minimum Gasteiger partial charge on any atom is -0.384 e. The topological polar surface area (TPSA) is 88.8 Å². The van der Waals surface area contributed by atoms with E-state index in [1.807, 2.05) is 4.90 Å². The first-order valence-electron chi connectivity index (χ1n) is 8.35. The lowest BCUT2D eigenvalue weighted by Crippen LogP contribution is -2.51. The lowest BCUT2D eigenvalue weighted by molar-refractivity contribution is -0.146. The van der Waals surface area contributed by atoms with E-state index in [4.69, 9.17) is 10.5 Å². The predicted molar refractivity (Wildman–Crippen MR) is 89.3 cm³/mol. The number of hydrogen-bond donors (Lipinski definition) is 1. The monoisotopic (exact) mass is 332 g/mol. The molecule has 3 heterocycles. The Labute approximate surface area is 141 Å². The highest BCUT2D eigenvalue weighted by Gasteiger charge is 2.49. The second-order valence-electron chi connectivity index (χ2n) is 6.62. The van der Waals surface area contributed by atoms with Crippen LogP contribution in [0.5, 0.6) is 0 Å². The summed E-state index contributed by atoms with van der Waals surface area (Å²) in [6.07, 6.45) is 4.04. The summed E-state index contributed by atoms with van der Waals surface area (Å²) in [7, 11) is 1.64. The van der Waals surface area contributed by atoms with Crippen molar-refractivity contribution in [2.45, 2.75) is 19.3 Å². The van der Waals surface area contributed by atoms with Crippen LogP contribution in [0, 0.1) is 5.41 Å². The van der Waals surface area contributed by atoms with E-state index in [9.17, 15) is 9.59 Å². The fourth-order valence-electron chi connectivity index (χ4n) is 3.71. The van der Waals surface area contributed by atoms with Crippen LogP contribution in [0.1, 0.15) is 29.6 Å². The number of rotatable bonds is 4. The number of aromatic nitrogens is 1. The maximum atomic E-state index is 12.9. The molecule has 2 aliphatic rings. The number of carbonyl (C=O) groups excluding carboxylic acids is 2. The lowest BCUT2D eigenvalue weighted by Gasteiger charge is -2.39. The molecule has 0 bridgehead atoms. The van der Waals surface area contributed by atoms with Gasteiger partial charge in [-0.15, -0.1) is 0 Å². The van der Waals surface area contributed by atoms with Gasteiger partial charge in [-0.1, -0.05) is 0 Å². The van der Waals surface area contributed by atoms with Crippen LogP contribution in [-0.2, 0) is 9.53 Å². The first-order chi connectivity index (χ1) is 11.6. The van der Waals surface area contributed by atoms with Crippen LogP contribution in [-0.4, -0.2) is 66.5 Å². The average Bonchev–Trinajstić information content (AvgIpc) is 3.01. The van der Waals surface area contributed by atoms with Crippen LogP contribution in [0.2, 0.25) is 0 Å². The number of nitrogen functional groups attached to an aromatic ring is 1. The number of nitrogens with zero attached hydrogens (tertiary/aromatic N) is 3. The Balaban J connectivity index is 1.70. The Kier molecular flexibility index (Phi) is 4.71. The highest BCUT2D eigenvalue weighted by Crippen LogP contribution is 2.40. The molecule has 2 amide bonds. The fraction of sp³-hybridized carbons (Fsp3) is 0.588. The van der Waals surface area contributed by atoms with Crippen LogP contribution in [0.15, 0.2) is 18.3 Å². The van der Waals surface area contributed by atoms with Gasteiger partial charge in [-0.2, -0.15) is 0 Å². The highest BCUT2D eigenvalue weighted by molar-refractivity contribution is 5.95. The van der Waals surface area contributed by atoms with Crippen molar-refractivity contribution in [2.75, 3.05) is 45.6 Å². The van der Waals surface area contributed by atoms with Gasteiger partial charge >= 0.3 is 0 Å². The van der Waals surface area contributed by atoms with Gasteiger partial charge in [0.25, 0.3) is 5.91 Å². The van der Waals surface area contributed by atoms with E-state index >= 15 is 0 Å². The number of ether oxygens (including phenoxy) is 1. The molecule has 0 unspecified atom stereocenters. The number of carbonyl (C=O) groups is 2. The molecule has 1 aromatic rings. The van der Waals surface area contributed by atoms with Gasteiger partial charge in [0.1, 0.15) is 5.82 Å². The van der Waals surface area contributed by atoms with E-state index in [0.29, 0.717) is 37.6 Å². The number of hydrogen-bond acceptors (Lipinski definition) is 5. The molecule has 7 nitrogen and oxygen atoms in total. The summed E-state index contributed by atoms with van der Waals surface area (Å²) in [5.74, 6) is 0.471. The standard InChI is InChI=1S/C17H24N4O3/c1-24-10-9-20-7-2-5-17(16(20)23)6-8-21(12-17)15(22)13-3-4-14(18)19-11-13/h3-4,11H,2,5-10,12H2,1H3,(H2,18,19)/t17-/m0/s1. The zero-order valence-electron chi connectivity index (χ0n) is 14.0. The van der Waals surface area contributed by atoms with Crippen molar-refractivity contribution in [1.82, 2.24) is 14.8 Å². The van der Waals surface area contributed by atoms with Gasteiger partial charge < -0.3 is 20.3 Å². The lowest BCUT2D eigenvalue weighted by atomic mass is 9.78. The van der Waals surface area contributed by atoms with Crippen LogP contribution in [0.25, 0.3) is 0 Å². The van der Waals surface area contributed by atoms with E-state index in [2.05, 4.69) is 4.98 Å². The third-order valence-electron chi connectivity index (χ3n) is 5.06. The minimum absolute atomic E-state index is 0.0822. The van der Waals surface area contributed by atoms with Crippen molar-refractivity contribution in [3.05, 3.63) is 23.9 Å². The summed E-state index contributed by atoms with van der Waals surface area (Å²) in [6, 6.07) is 3.31. The summed E-state index contributed by atoms with van der Waals surface area (Å²) >= 11 is 0. The molecule has 7 heteroatoms. The molecule has 0 aliphatic carbocycles. The predicted octanol–water partition coefficient (Wildman–Crippen LogP) is 0.765. The molecule has 1 aromatic heterocycles. The molecule has 0 saturated carbocycles. The third kappa shape index (κ3) is 3.08. The van der Waals surface area contributed by atoms with Crippen molar-refractivity contribution in [3.8, 4) is 0 Å². The summed E-state index contributed by atoms with van der Waals surface area (Å²) in [4.78, 5) is 33.2. The van der Waals surface area contributed by atoms with Gasteiger partial charge in [-0.3, -0.25) is 9.59 Å². The molecule has 2 aliphatic heterocycles. The number of anilines is 1. The highest BCUT2D eigenvalue weighted by atomic mass is 16.5. The smallest absolute Gasteiger partial charge is 0.255 e. The van der Waals surface area contributed by atoms with E-state index in [1.54, 1.807) is 24.1 Å². The van der Waals surface area contributed by atoms with Crippen LogP contribution in [0.3, 0.4) is 0 Å². The average molecular weight is 332 g/mol. The number of amides is 2. The normalized spacial score (nSPS) is 24.0. The Morgan fingerprint density at radius 1 is 1.38 bits per heavy atom. The van der Waals surface area contributed by atoms with Gasteiger partial charge in [-0.25, -0.2) is 4.98 Å². The maximum absolute atomic E-state index is 12.9. The number of methoxy groups -OCH3 is 1. The summed E-state index contributed by atoms with van der Waals surface area (Å²) < 4.78 is 5.10. The summed E-state index contributed by atoms with van der Waals surface area (Å²) in [5.41, 5.74) is 5.66. The second-order valence-corrected chi connectivity index (χ2v) is 6.62. The Morgan fingerprint density at radius 3 is 2.92 bits per heavy atom. The number of pyridine rings is 1. The van der Waals surface area contributed by atoms with Crippen LogP contribution in [0.4, 0.5) is 5.82 Å². The molecule has 2 fully saturated rings. The molecule has 0 aromatic carbocycles. The van der Waals surface area contributed by atoms with Gasteiger partial charge in [0, 0.05) is 39.5 Å². The molecule has 3 rings (SSSR count). The minimum atomic E-state index is -0.428. The van der Waals surface area contributed by atoms with Gasteiger partial charge in [0.05, 0.1) is 17.6 Å². The summed E-state index contributed by atoms with van der Waals surface area (Å²) in [6.45, 7) is 3.03. The first kappa shape index (κ1) is 16.7. The molecule has 2 saturated heterocycles. The van der Waals surface area contributed by atoms with Gasteiger partial charge in [0.2, 0.25) is 5.91 Å². The van der Waals surface area contributed by atoms with Crippen molar-refractivity contribution >= 4 is 17.6 Å². The SMILES string of the molecule is COCCN1CCC[C@@]2(CCN(C(=O)c3ccc(N)nc3)C2)C1=O. The Hall–Kier alpha value is -2.15. The molecule has 24 heavy (non-hydrogen) atoms. The van der Waals surface area contributed by atoms with E-state index < -0.39 is 5.41 Å². The Bertz CT molecular complexity index is 619. The van der Waals surface area contributed by atoms with Crippen molar-refractivity contribution in [1.29, 1.82) is 0 Å². The van der Waals surface area contributed by atoms with Gasteiger partial charge in [-0.05, 0) is 31.4 Å². The molecule has 1 atom stereocenters. The number of nitrogens with two attached hydrogens (primary N) is 1. The zero-order chi connectivity index (χ0) is 17.2. The molecule has 0 radical (unpaired) electrons. The largest absolute Gasteiger partial charge is 0.384 e. The van der Waals surface area contributed by atoms with Crippen molar-refractivity contribution < 1.29 is 14.3 Å². The molecule has 1 spiro atoms. The Morgan fingerprint density at radius 2 is 2.21 bits per heavy atom. The quantitative estimate of drug-likeness (QED) is 0.879. The van der Waals surface area contributed by atoms with E-state index in [0.717, 1.165) is 25.8 Å². The van der Waals surface area contributed by atoms with E-state index in [-0.39, 0.29) is 11.8 Å². The van der Waals surface area contributed by atoms with Gasteiger partial charge in [0.15, 0.2) is 0 Å². The third-order valence-corrected chi connectivity index (χ3v) is 5.06. The zero-order valence-corrected chi connectivity index (χ0v) is 14.0. The summed E-state index contributed by atoms with van der Waals surface area (Å²) in [5, 5.41) is 0. The van der Waals surface area contributed by atoms with Crippen LogP contribution < -0.4 is 5.73 Å². The number of piperidine rings is 1. The number of likely N-dealkylation sites (tertiary alicyclic amines) is 2. The molecular weight excluding hydrogens is 308 g/mol. The van der Waals surface area contributed by atoms with Crippen molar-refractivity contribution in [3.63, 3.8) is 0 Å². The molecule has 130 valence electrons. The first-order valence-corrected chi connectivity index (χ1v) is 8.35. The molecule has 2 N–H and O–H groups in total. The fourth-order valence-corrected chi connectivity index (χ4v) is 3.71.